The largest absolute Gasteiger partial charge is 0.493 e. The van der Waals surface area contributed by atoms with Crippen molar-refractivity contribution < 1.29 is 28.5 Å². The maximum Gasteiger partial charge on any atom is 0.334 e. The van der Waals surface area contributed by atoms with Crippen molar-refractivity contribution in [3.05, 3.63) is 66.6 Å². The highest BCUT2D eigenvalue weighted by Gasteiger charge is 2.42. The molecule has 0 amide bonds. The van der Waals surface area contributed by atoms with Crippen LogP contribution >= 0.6 is 0 Å². The van der Waals surface area contributed by atoms with Gasteiger partial charge in [0, 0.05) is 6.42 Å². The van der Waals surface area contributed by atoms with E-state index in [-0.39, 0.29) is 29.7 Å². The average molecular weight is 422 g/mol. The summed E-state index contributed by atoms with van der Waals surface area (Å²) < 4.78 is 22.1. The zero-order chi connectivity index (χ0) is 21.8. The van der Waals surface area contributed by atoms with Crippen molar-refractivity contribution in [2.45, 2.75) is 44.5 Å². The summed E-state index contributed by atoms with van der Waals surface area (Å²) in [6.07, 6.45) is 2.19. The molecular weight excluding hydrogens is 396 g/mol. The summed E-state index contributed by atoms with van der Waals surface area (Å²) in [5, 5.41) is 0. The molecule has 0 saturated heterocycles. The maximum absolute atomic E-state index is 12.9. The van der Waals surface area contributed by atoms with Gasteiger partial charge in [-0.2, -0.15) is 0 Å². The molecule has 0 bridgehead atoms. The highest BCUT2D eigenvalue weighted by atomic mass is 16.6. The minimum Gasteiger partial charge on any atom is -0.493 e. The summed E-state index contributed by atoms with van der Waals surface area (Å²) in [7, 11) is 1.34. The molecule has 1 saturated carbocycles. The first-order valence-electron chi connectivity index (χ1n) is 10.5. The molecule has 4 atom stereocenters. The predicted molar refractivity (Wildman–Crippen MR) is 114 cm³/mol. The lowest BCUT2D eigenvalue weighted by Gasteiger charge is -2.37. The Hall–Kier alpha value is -3.12. The summed E-state index contributed by atoms with van der Waals surface area (Å²) in [5.74, 6) is 0.0811. The first kappa shape index (κ1) is 21.1. The van der Waals surface area contributed by atoms with Crippen LogP contribution in [0.2, 0.25) is 0 Å². The van der Waals surface area contributed by atoms with Gasteiger partial charge in [0.15, 0.2) is 6.10 Å². The normalized spacial score (nSPS) is 23.7. The van der Waals surface area contributed by atoms with Crippen LogP contribution in [-0.4, -0.2) is 37.2 Å². The molecule has 162 valence electrons. The number of Topliss-reactive ketones (excluding diaryl/α,β-unsaturated/α-hetero) is 1. The molecule has 6 heteroatoms. The number of fused-ring (bicyclic) bond motifs is 1. The van der Waals surface area contributed by atoms with Gasteiger partial charge in [-0.3, -0.25) is 4.79 Å². The van der Waals surface area contributed by atoms with Gasteiger partial charge in [-0.25, -0.2) is 4.79 Å². The molecule has 2 aromatic rings. The number of benzene rings is 2. The molecule has 4 unspecified atom stereocenters. The quantitative estimate of drug-likeness (QED) is 0.647. The van der Waals surface area contributed by atoms with Crippen molar-refractivity contribution in [3.8, 4) is 16.9 Å². The SMILES string of the molecule is COC(=O)C(C)OC1CCC2C(=O)C(Oc3ccc(-c4ccccc4)cc3)=COC2C1. The summed E-state index contributed by atoms with van der Waals surface area (Å²) >= 11 is 0. The predicted octanol–water partition coefficient (Wildman–Crippen LogP) is 4.29. The molecule has 0 aromatic heterocycles. The Morgan fingerprint density at radius 3 is 2.45 bits per heavy atom. The Labute approximate surface area is 181 Å². The molecule has 2 aliphatic rings. The molecular formula is C25H26O6. The number of carbonyl (C=O) groups excluding carboxylic acids is 2. The van der Waals surface area contributed by atoms with Crippen LogP contribution in [0.5, 0.6) is 5.75 Å². The maximum atomic E-state index is 12.9. The van der Waals surface area contributed by atoms with E-state index in [4.69, 9.17) is 18.9 Å². The monoisotopic (exact) mass is 422 g/mol. The minimum atomic E-state index is -0.640. The minimum absolute atomic E-state index is 0.0529. The number of rotatable bonds is 6. The van der Waals surface area contributed by atoms with Gasteiger partial charge in [-0.15, -0.1) is 0 Å². The highest BCUT2D eigenvalue weighted by Crippen LogP contribution is 2.35. The van der Waals surface area contributed by atoms with E-state index in [0.29, 0.717) is 25.0 Å². The third kappa shape index (κ3) is 4.80. The molecule has 6 nitrogen and oxygen atoms in total. The number of ether oxygens (including phenoxy) is 4. The molecule has 2 aromatic carbocycles. The van der Waals surface area contributed by atoms with Crippen molar-refractivity contribution in [1.82, 2.24) is 0 Å². The fourth-order valence-electron chi connectivity index (χ4n) is 4.11. The molecule has 1 heterocycles. The molecule has 4 rings (SSSR count). The van der Waals surface area contributed by atoms with Crippen molar-refractivity contribution in [3.63, 3.8) is 0 Å². The number of hydrogen-bond acceptors (Lipinski definition) is 6. The van der Waals surface area contributed by atoms with E-state index in [1.165, 1.54) is 13.4 Å². The lowest BCUT2D eigenvalue weighted by atomic mass is 9.80. The summed E-state index contributed by atoms with van der Waals surface area (Å²) in [6, 6.07) is 17.7. The number of carbonyl (C=O) groups is 2. The van der Waals surface area contributed by atoms with E-state index < -0.39 is 12.1 Å². The van der Waals surface area contributed by atoms with E-state index in [1.807, 2.05) is 54.6 Å². The topological polar surface area (TPSA) is 71.1 Å². The van der Waals surface area contributed by atoms with E-state index in [1.54, 1.807) is 6.92 Å². The Kier molecular flexibility index (Phi) is 6.37. The zero-order valence-corrected chi connectivity index (χ0v) is 17.7. The molecule has 1 aliphatic carbocycles. The second-order valence-electron chi connectivity index (χ2n) is 7.86. The van der Waals surface area contributed by atoms with Crippen LogP contribution in [0.25, 0.3) is 11.1 Å². The standard InChI is InChI=1S/C25H26O6/c1-16(25(27)28-2)30-20-12-13-21-22(14-20)29-15-23(24(21)26)31-19-10-8-18(9-11-19)17-6-4-3-5-7-17/h3-11,15-16,20-22H,12-14H2,1-2H3. The van der Waals surface area contributed by atoms with Crippen LogP contribution in [-0.2, 0) is 23.8 Å². The van der Waals surface area contributed by atoms with Crippen molar-refractivity contribution in [1.29, 1.82) is 0 Å². The third-order valence-electron chi connectivity index (χ3n) is 5.79. The molecule has 1 fully saturated rings. The van der Waals surface area contributed by atoms with E-state index in [0.717, 1.165) is 11.1 Å². The second-order valence-corrected chi connectivity index (χ2v) is 7.86. The number of hydrogen-bond donors (Lipinski definition) is 0. The van der Waals surface area contributed by atoms with Gasteiger partial charge in [-0.05, 0) is 43.0 Å². The Morgan fingerprint density at radius 1 is 1.03 bits per heavy atom. The lowest BCUT2D eigenvalue weighted by molar-refractivity contribution is -0.161. The highest BCUT2D eigenvalue weighted by molar-refractivity contribution is 5.96. The number of ketones is 1. The van der Waals surface area contributed by atoms with Gasteiger partial charge in [0.05, 0.1) is 19.1 Å². The zero-order valence-electron chi connectivity index (χ0n) is 17.7. The fourth-order valence-corrected chi connectivity index (χ4v) is 4.11. The molecule has 0 spiro atoms. The van der Waals surface area contributed by atoms with Crippen molar-refractivity contribution in [2.75, 3.05) is 7.11 Å². The van der Waals surface area contributed by atoms with Gasteiger partial charge in [0.2, 0.25) is 11.5 Å². The van der Waals surface area contributed by atoms with E-state index in [9.17, 15) is 9.59 Å². The number of esters is 1. The smallest absolute Gasteiger partial charge is 0.334 e. The van der Waals surface area contributed by atoms with E-state index in [2.05, 4.69) is 0 Å². The average Bonchev–Trinajstić information content (AvgIpc) is 2.81. The van der Waals surface area contributed by atoms with Gasteiger partial charge in [0.25, 0.3) is 0 Å². The molecule has 31 heavy (non-hydrogen) atoms. The van der Waals surface area contributed by atoms with Gasteiger partial charge < -0.3 is 18.9 Å². The van der Waals surface area contributed by atoms with Gasteiger partial charge >= 0.3 is 5.97 Å². The van der Waals surface area contributed by atoms with Crippen molar-refractivity contribution in [2.24, 2.45) is 5.92 Å². The Balaban J connectivity index is 1.37. The fraction of sp³-hybridized carbons (Fsp3) is 0.360. The Bertz CT molecular complexity index is 950. The number of allylic oxidation sites excluding steroid dienone is 1. The summed E-state index contributed by atoms with van der Waals surface area (Å²) in [5.41, 5.74) is 2.20. The van der Waals surface area contributed by atoms with Crippen molar-refractivity contribution >= 4 is 11.8 Å². The van der Waals surface area contributed by atoms with Gasteiger partial charge in [-0.1, -0.05) is 42.5 Å². The summed E-state index contributed by atoms with van der Waals surface area (Å²) in [4.78, 5) is 24.5. The number of methoxy groups -OCH3 is 1. The third-order valence-corrected chi connectivity index (χ3v) is 5.79. The van der Waals surface area contributed by atoms with Crippen LogP contribution in [0.4, 0.5) is 0 Å². The Morgan fingerprint density at radius 2 is 1.74 bits per heavy atom. The van der Waals surface area contributed by atoms with Crippen LogP contribution in [0.3, 0.4) is 0 Å². The van der Waals surface area contributed by atoms with Crippen LogP contribution < -0.4 is 4.74 Å². The molecule has 1 aliphatic heterocycles. The van der Waals surface area contributed by atoms with Crippen LogP contribution in [0.1, 0.15) is 26.2 Å². The van der Waals surface area contributed by atoms with Crippen LogP contribution in [0, 0.1) is 5.92 Å². The lowest BCUT2D eigenvalue weighted by Crippen LogP contribution is -2.43. The van der Waals surface area contributed by atoms with Crippen LogP contribution in [0.15, 0.2) is 66.6 Å². The second kappa shape index (κ2) is 9.35. The van der Waals surface area contributed by atoms with Gasteiger partial charge in [0.1, 0.15) is 18.1 Å². The first-order chi connectivity index (χ1) is 15.0. The first-order valence-corrected chi connectivity index (χ1v) is 10.5. The van der Waals surface area contributed by atoms with E-state index >= 15 is 0 Å². The molecule has 0 N–H and O–H groups in total. The summed E-state index contributed by atoms with van der Waals surface area (Å²) in [6.45, 7) is 1.67. The molecule has 0 radical (unpaired) electrons.